The molecule has 1 aliphatic heterocycles. The smallest absolute Gasteiger partial charge is 0.333 e. The maximum atomic E-state index is 9.72. The van der Waals surface area contributed by atoms with E-state index >= 15 is 0 Å². The van der Waals surface area contributed by atoms with Gasteiger partial charge in [0, 0.05) is 26.0 Å². The van der Waals surface area contributed by atoms with Gasteiger partial charge in [-0.2, -0.15) is 0 Å². The molecule has 7 nitrogen and oxygen atoms in total. The lowest BCUT2D eigenvalue weighted by Crippen LogP contribution is -2.23. The SMILES string of the molecule is CCCCCCN1C=CN(C)C1.O=C(O)C[C@@H](O)C(=O)O. The fraction of sp³-hybridized carbons (Fsp3) is 0.714. The number of nitrogens with zero attached hydrogens (tertiary/aromatic N) is 2. The van der Waals surface area contributed by atoms with Crippen molar-refractivity contribution in [3.63, 3.8) is 0 Å². The van der Waals surface area contributed by atoms with E-state index in [0.717, 1.165) is 6.67 Å². The van der Waals surface area contributed by atoms with Crippen LogP contribution in [0.3, 0.4) is 0 Å². The Hall–Kier alpha value is -1.76. The van der Waals surface area contributed by atoms with Crippen LogP contribution in [0, 0.1) is 0 Å². The summed E-state index contributed by atoms with van der Waals surface area (Å²) in [5, 5.41) is 24.1. The molecule has 0 radical (unpaired) electrons. The van der Waals surface area contributed by atoms with Crippen LogP contribution in [0.5, 0.6) is 0 Å². The normalized spacial score (nSPS) is 14.6. The largest absolute Gasteiger partial charge is 0.481 e. The van der Waals surface area contributed by atoms with Crippen molar-refractivity contribution >= 4 is 11.9 Å². The van der Waals surface area contributed by atoms with Crippen LogP contribution >= 0.6 is 0 Å². The molecule has 0 fully saturated rings. The Morgan fingerprint density at radius 3 is 2.24 bits per heavy atom. The summed E-state index contributed by atoms with van der Waals surface area (Å²) in [7, 11) is 2.11. The lowest BCUT2D eigenvalue weighted by Gasteiger charge is -2.17. The first kappa shape index (κ1) is 19.2. The molecule has 0 amide bonds. The van der Waals surface area contributed by atoms with Crippen molar-refractivity contribution in [1.29, 1.82) is 0 Å². The molecule has 3 N–H and O–H groups in total. The number of aliphatic hydroxyl groups is 1. The highest BCUT2D eigenvalue weighted by molar-refractivity contribution is 5.79. The fourth-order valence-electron chi connectivity index (χ4n) is 1.73. The molecule has 0 aromatic rings. The van der Waals surface area contributed by atoms with Crippen LogP contribution in [0.25, 0.3) is 0 Å². The van der Waals surface area contributed by atoms with E-state index in [1.165, 1.54) is 32.2 Å². The van der Waals surface area contributed by atoms with Crippen molar-refractivity contribution in [2.24, 2.45) is 0 Å². The van der Waals surface area contributed by atoms with Crippen LogP contribution in [0.1, 0.15) is 39.0 Å². The molecule has 0 aromatic heterocycles. The van der Waals surface area contributed by atoms with E-state index in [1.54, 1.807) is 0 Å². The third-order valence-electron chi connectivity index (χ3n) is 2.89. The molecule has 7 heteroatoms. The Morgan fingerprint density at radius 2 is 1.86 bits per heavy atom. The monoisotopic (exact) mass is 302 g/mol. The van der Waals surface area contributed by atoms with Gasteiger partial charge in [0.2, 0.25) is 0 Å². The number of carboxylic acid groups (broad SMARTS) is 2. The Kier molecular flexibility index (Phi) is 10.0. The Morgan fingerprint density at radius 1 is 1.19 bits per heavy atom. The number of carbonyl (C=O) groups is 2. The van der Waals surface area contributed by atoms with Crippen LogP contribution < -0.4 is 0 Å². The average Bonchev–Trinajstić information content (AvgIpc) is 2.80. The van der Waals surface area contributed by atoms with E-state index in [2.05, 4.69) is 36.2 Å². The minimum Gasteiger partial charge on any atom is -0.481 e. The Balaban J connectivity index is 0.000000400. The molecular formula is C14H26N2O5. The van der Waals surface area contributed by atoms with Crippen molar-refractivity contribution in [2.45, 2.75) is 45.1 Å². The number of hydrogen-bond acceptors (Lipinski definition) is 5. The average molecular weight is 302 g/mol. The molecule has 0 aromatic carbocycles. The molecule has 1 aliphatic rings. The zero-order valence-electron chi connectivity index (χ0n) is 12.7. The molecule has 0 bridgehead atoms. The number of hydrogen-bond donors (Lipinski definition) is 3. The summed E-state index contributed by atoms with van der Waals surface area (Å²) in [5.74, 6) is -2.85. The zero-order chi connectivity index (χ0) is 16.3. The van der Waals surface area contributed by atoms with E-state index in [9.17, 15) is 9.59 Å². The molecule has 0 unspecified atom stereocenters. The number of carboxylic acids is 2. The molecule has 0 saturated heterocycles. The quantitative estimate of drug-likeness (QED) is 0.578. The standard InChI is InChI=1S/C10H20N2.C4H6O5/c1-3-4-5-6-7-12-9-8-11(2)10-12;5-2(4(8)9)1-3(6)7/h8-9H,3-7,10H2,1-2H3;2,5H,1H2,(H,6,7)(H,8,9)/t;2-/m.1/s1. The van der Waals surface area contributed by atoms with Gasteiger partial charge in [0.05, 0.1) is 13.1 Å². The second-order valence-electron chi connectivity index (χ2n) is 5.02. The lowest BCUT2D eigenvalue weighted by molar-refractivity contribution is -0.152. The van der Waals surface area contributed by atoms with Gasteiger partial charge in [0.25, 0.3) is 0 Å². The first-order chi connectivity index (χ1) is 9.86. The maximum Gasteiger partial charge on any atom is 0.333 e. The van der Waals surface area contributed by atoms with Gasteiger partial charge in [-0.1, -0.05) is 26.2 Å². The van der Waals surface area contributed by atoms with Crippen molar-refractivity contribution in [3.05, 3.63) is 12.4 Å². The van der Waals surface area contributed by atoms with Crippen LogP contribution in [0.4, 0.5) is 0 Å². The highest BCUT2D eigenvalue weighted by atomic mass is 16.4. The highest BCUT2D eigenvalue weighted by Gasteiger charge is 2.16. The van der Waals surface area contributed by atoms with Crippen LogP contribution in [0.2, 0.25) is 0 Å². The van der Waals surface area contributed by atoms with E-state index in [-0.39, 0.29) is 0 Å². The zero-order valence-corrected chi connectivity index (χ0v) is 12.7. The van der Waals surface area contributed by atoms with Gasteiger partial charge >= 0.3 is 11.9 Å². The van der Waals surface area contributed by atoms with Crippen molar-refractivity contribution in [2.75, 3.05) is 20.3 Å². The third kappa shape index (κ3) is 10.7. The predicted molar refractivity (Wildman–Crippen MR) is 78.5 cm³/mol. The molecule has 1 heterocycles. The minimum atomic E-state index is -1.79. The summed E-state index contributed by atoms with van der Waals surface area (Å²) in [4.78, 5) is 24.0. The molecule has 0 saturated carbocycles. The summed E-state index contributed by atoms with van der Waals surface area (Å²) < 4.78 is 0. The van der Waals surface area contributed by atoms with Gasteiger partial charge in [-0.25, -0.2) is 4.79 Å². The van der Waals surface area contributed by atoms with Crippen molar-refractivity contribution < 1.29 is 24.9 Å². The molecule has 122 valence electrons. The van der Waals surface area contributed by atoms with E-state index in [4.69, 9.17) is 15.3 Å². The number of aliphatic hydroxyl groups excluding tert-OH is 1. The first-order valence-corrected chi connectivity index (χ1v) is 7.12. The molecule has 21 heavy (non-hydrogen) atoms. The maximum absolute atomic E-state index is 9.72. The van der Waals surface area contributed by atoms with Crippen molar-refractivity contribution in [3.8, 4) is 0 Å². The van der Waals surface area contributed by atoms with Gasteiger partial charge < -0.3 is 25.1 Å². The van der Waals surface area contributed by atoms with Gasteiger partial charge in [0.1, 0.15) is 0 Å². The summed E-state index contributed by atoms with van der Waals surface area (Å²) in [6, 6.07) is 0. The van der Waals surface area contributed by atoms with Gasteiger partial charge in [-0.15, -0.1) is 0 Å². The fourth-order valence-corrected chi connectivity index (χ4v) is 1.73. The van der Waals surface area contributed by atoms with E-state index in [1.807, 2.05) is 0 Å². The van der Waals surface area contributed by atoms with Crippen molar-refractivity contribution in [1.82, 2.24) is 9.80 Å². The molecule has 0 aliphatic carbocycles. The third-order valence-corrected chi connectivity index (χ3v) is 2.89. The van der Waals surface area contributed by atoms with E-state index in [0.29, 0.717) is 0 Å². The highest BCUT2D eigenvalue weighted by Crippen LogP contribution is 2.06. The Labute approximate surface area is 125 Å². The summed E-state index contributed by atoms with van der Waals surface area (Å²) in [6.07, 6.45) is 7.21. The molecular weight excluding hydrogens is 276 g/mol. The van der Waals surface area contributed by atoms with Crippen LogP contribution in [-0.4, -0.2) is 63.4 Å². The minimum absolute atomic E-state index is 0.755. The van der Waals surface area contributed by atoms with Gasteiger partial charge in [-0.3, -0.25) is 4.79 Å². The first-order valence-electron chi connectivity index (χ1n) is 7.12. The second kappa shape index (κ2) is 11.0. The summed E-state index contributed by atoms with van der Waals surface area (Å²) in [5.41, 5.74) is 0. The summed E-state index contributed by atoms with van der Waals surface area (Å²) in [6.45, 7) is 4.55. The lowest BCUT2D eigenvalue weighted by atomic mass is 10.2. The van der Waals surface area contributed by atoms with Crippen LogP contribution in [-0.2, 0) is 9.59 Å². The van der Waals surface area contributed by atoms with Crippen LogP contribution in [0.15, 0.2) is 12.4 Å². The Bertz CT molecular complexity index is 346. The molecule has 0 spiro atoms. The number of unbranched alkanes of at least 4 members (excludes halogenated alkanes) is 3. The number of rotatable bonds is 8. The molecule has 1 atom stereocenters. The van der Waals surface area contributed by atoms with E-state index < -0.39 is 24.5 Å². The number of aliphatic carboxylic acids is 2. The topological polar surface area (TPSA) is 101 Å². The molecule has 1 rings (SSSR count). The predicted octanol–water partition coefficient (Wildman–Crippen LogP) is 1.15. The summed E-state index contributed by atoms with van der Waals surface area (Å²) >= 11 is 0. The second-order valence-corrected chi connectivity index (χ2v) is 5.02. The van der Waals surface area contributed by atoms with Gasteiger partial charge in [0.15, 0.2) is 6.10 Å². The van der Waals surface area contributed by atoms with Gasteiger partial charge in [-0.05, 0) is 6.42 Å².